The lowest BCUT2D eigenvalue weighted by Gasteiger charge is -2.04. The average molecular weight is 143 g/mol. The molecule has 0 saturated heterocycles. The third-order valence-corrected chi connectivity index (χ3v) is 1.41. The molecule has 1 aromatic rings. The molecule has 0 aliphatic rings. The Morgan fingerprint density at radius 1 is 1.55 bits per heavy atom. The van der Waals surface area contributed by atoms with Crippen LogP contribution in [0, 0.1) is 11.3 Å². The number of benzene rings is 1. The minimum absolute atomic E-state index is 0.400. The zero-order valence-electron chi connectivity index (χ0n) is 6.16. The quantitative estimate of drug-likeness (QED) is 0.531. The van der Waals surface area contributed by atoms with Crippen LogP contribution in [-0.2, 0) is 0 Å². The van der Waals surface area contributed by atoms with Crippen LogP contribution in [0.1, 0.15) is 5.56 Å². The van der Waals surface area contributed by atoms with E-state index < -0.39 is 0 Å². The molecule has 52 valence electrons. The van der Waals surface area contributed by atoms with Gasteiger partial charge in [0, 0.05) is 5.56 Å². The first-order valence-electron chi connectivity index (χ1n) is 3.12. The summed E-state index contributed by atoms with van der Waals surface area (Å²) in [6.07, 6.45) is 0. The summed E-state index contributed by atoms with van der Waals surface area (Å²) in [4.78, 5) is 0. The molecule has 3 heteroatoms. The van der Waals surface area contributed by atoms with Crippen LogP contribution in [0.25, 0.3) is 0 Å². The van der Waals surface area contributed by atoms with E-state index in [1.165, 1.54) is 7.11 Å². The van der Waals surface area contributed by atoms with E-state index in [0.717, 1.165) is 0 Å². The minimum Gasteiger partial charge on any atom is -0.497 e. The van der Waals surface area contributed by atoms with Crippen LogP contribution >= 0.6 is 0 Å². The van der Waals surface area contributed by atoms with Crippen molar-refractivity contribution in [2.24, 2.45) is 0 Å². The van der Waals surface area contributed by atoms with Gasteiger partial charge in [-0.25, -0.2) is 0 Å². The van der Waals surface area contributed by atoms with E-state index in [9.17, 15) is 0 Å². The third kappa shape index (κ3) is 1.35. The molecule has 0 amide bonds. The van der Waals surface area contributed by atoms with E-state index in [1.54, 1.807) is 18.2 Å². The van der Waals surface area contributed by atoms with Crippen molar-refractivity contribution in [3.05, 3.63) is 23.8 Å². The van der Waals surface area contributed by atoms with E-state index in [4.69, 9.17) is 17.8 Å². The Kier molecular flexibility index (Phi) is 2.17. The van der Waals surface area contributed by atoms with Crippen molar-refractivity contribution in [1.82, 2.24) is 0 Å². The first kappa shape index (κ1) is 7.68. The summed E-state index contributed by atoms with van der Waals surface area (Å²) >= 11 is 0. The predicted octanol–water partition coefficient (Wildman–Crippen LogP) is 0.361. The molecule has 1 aromatic carbocycles. The molecule has 0 atom stereocenters. The van der Waals surface area contributed by atoms with Crippen molar-refractivity contribution < 1.29 is 4.74 Å². The van der Waals surface area contributed by atoms with Gasteiger partial charge in [0.25, 0.3) is 0 Å². The van der Waals surface area contributed by atoms with Crippen LogP contribution in [0.15, 0.2) is 18.2 Å². The maximum Gasteiger partial charge on any atom is 0.120 e. The second kappa shape index (κ2) is 3.11. The van der Waals surface area contributed by atoms with Crippen molar-refractivity contribution in [3.63, 3.8) is 0 Å². The molecule has 1 rings (SSSR count). The van der Waals surface area contributed by atoms with Crippen LogP contribution < -0.4 is 10.2 Å². The van der Waals surface area contributed by atoms with E-state index in [0.29, 0.717) is 16.8 Å². The van der Waals surface area contributed by atoms with Crippen molar-refractivity contribution in [1.29, 1.82) is 5.26 Å². The van der Waals surface area contributed by atoms with E-state index in [-0.39, 0.29) is 0 Å². The molecule has 0 heterocycles. The molecular weight excluding hydrogens is 137 g/mol. The molecule has 0 N–H and O–H groups in total. The van der Waals surface area contributed by atoms with Gasteiger partial charge >= 0.3 is 0 Å². The average Bonchev–Trinajstić information content (AvgIpc) is 2.05. The van der Waals surface area contributed by atoms with Crippen LogP contribution in [0.3, 0.4) is 0 Å². The van der Waals surface area contributed by atoms with Crippen LogP contribution in [0.4, 0.5) is 0 Å². The number of nitriles is 1. The Morgan fingerprint density at radius 3 is 2.82 bits per heavy atom. The lowest BCUT2D eigenvalue weighted by molar-refractivity contribution is 0.418. The molecule has 11 heavy (non-hydrogen) atoms. The highest BCUT2D eigenvalue weighted by molar-refractivity contribution is 6.35. The summed E-state index contributed by atoms with van der Waals surface area (Å²) in [5.41, 5.74) is 0.849. The van der Waals surface area contributed by atoms with Gasteiger partial charge in [-0.3, -0.25) is 0 Å². The second-order valence-corrected chi connectivity index (χ2v) is 2.03. The molecular formula is C8H6BNO. The maximum atomic E-state index is 8.55. The number of rotatable bonds is 1. The third-order valence-electron chi connectivity index (χ3n) is 1.41. The smallest absolute Gasteiger partial charge is 0.120 e. The number of hydrogen-bond donors (Lipinski definition) is 0. The highest BCUT2D eigenvalue weighted by Gasteiger charge is 2.00. The number of methoxy groups -OCH3 is 1. The van der Waals surface area contributed by atoms with Gasteiger partial charge in [-0.1, -0.05) is 6.07 Å². The van der Waals surface area contributed by atoms with Crippen molar-refractivity contribution in [2.45, 2.75) is 0 Å². The summed E-state index contributed by atoms with van der Waals surface area (Å²) in [5.74, 6) is 0.545. The van der Waals surface area contributed by atoms with E-state index in [2.05, 4.69) is 0 Å². The fourth-order valence-electron chi connectivity index (χ4n) is 0.820. The summed E-state index contributed by atoms with van der Waals surface area (Å²) < 4.78 is 4.91. The molecule has 2 radical (unpaired) electrons. The standard InChI is InChI=1S/C8H6BNO/c1-11-7-4-2-3-6(5-10)8(7)9/h2-4H,1H3. The molecule has 0 unspecified atom stereocenters. The first-order valence-corrected chi connectivity index (χ1v) is 3.12. The Balaban J connectivity index is 3.23. The molecule has 2 nitrogen and oxygen atoms in total. The number of hydrogen-bond acceptors (Lipinski definition) is 2. The Bertz CT molecular complexity index is 303. The molecule has 0 bridgehead atoms. The van der Waals surface area contributed by atoms with Crippen LogP contribution in [-0.4, -0.2) is 15.0 Å². The van der Waals surface area contributed by atoms with Crippen molar-refractivity contribution >= 4 is 13.3 Å². The Hall–Kier alpha value is -1.43. The van der Waals surface area contributed by atoms with Gasteiger partial charge in [0.15, 0.2) is 0 Å². The molecule has 0 fully saturated rings. The second-order valence-electron chi connectivity index (χ2n) is 2.03. The van der Waals surface area contributed by atoms with Gasteiger partial charge in [0.1, 0.15) is 13.6 Å². The van der Waals surface area contributed by atoms with Gasteiger partial charge in [0.05, 0.1) is 13.2 Å². The van der Waals surface area contributed by atoms with Crippen molar-refractivity contribution in [2.75, 3.05) is 7.11 Å². The van der Waals surface area contributed by atoms with E-state index in [1.807, 2.05) is 6.07 Å². The topological polar surface area (TPSA) is 33.0 Å². The molecule has 0 aromatic heterocycles. The van der Waals surface area contributed by atoms with Gasteiger partial charge in [-0.05, 0) is 17.6 Å². The highest BCUT2D eigenvalue weighted by atomic mass is 16.5. The van der Waals surface area contributed by atoms with Crippen LogP contribution in [0.5, 0.6) is 5.75 Å². The first-order chi connectivity index (χ1) is 5.29. The summed E-state index contributed by atoms with van der Waals surface area (Å²) in [5, 5.41) is 8.55. The highest BCUT2D eigenvalue weighted by Crippen LogP contribution is 2.06. The maximum absolute atomic E-state index is 8.55. The monoisotopic (exact) mass is 143 g/mol. The summed E-state index contributed by atoms with van der Waals surface area (Å²) in [6, 6.07) is 7.06. The van der Waals surface area contributed by atoms with Gasteiger partial charge in [-0.15, -0.1) is 0 Å². The molecule has 0 spiro atoms. The summed E-state index contributed by atoms with van der Waals surface area (Å²) in [6.45, 7) is 0. The van der Waals surface area contributed by atoms with Gasteiger partial charge < -0.3 is 4.74 Å². The summed E-state index contributed by atoms with van der Waals surface area (Å²) in [7, 11) is 7.08. The predicted molar refractivity (Wildman–Crippen MR) is 43.1 cm³/mol. The molecule has 0 aliphatic carbocycles. The van der Waals surface area contributed by atoms with Crippen molar-refractivity contribution in [3.8, 4) is 11.8 Å². The molecule has 0 aliphatic heterocycles. The van der Waals surface area contributed by atoms with Gasteiger partial charge in [-0.2, -0.15) is 5.26 Å². The Morgan fingerprint density at radius 2 is 2.27 bits per heavy atom. The SMILES string of the molecule is [B]c1c(C#N)cccc1OC. The number of ether oxygens (including phenoxy) is 1. The number of nitrogens with zero attached hydrogens (tertiary/aromatic N) is 1. The Labute approximate surface area is 66.8 Å². The largest absolute Gasteiger partial charge is 0.497 e. The van der Waals surface area contributed by atoms with Crippen LogP contribution in [0.2, 0.25) is 0 Å². The normalized spacial score (nSPS) is 8.73. The lowest BCUT2D eigenvalue weighted by Crippen LogP contribution is -2.10. The van der Waals surface area contributed by atoms with Gasteiger partial charge in [0.2, 0.25) is 0 Å². The fourth-order valence-corrected chi connectivity index (χ4v) is 0.820. The minimum atomic E-state index is 0.400. The zero-order chi connectivity index (χ0) is 8.27. The fraction of sp³-hybridized carbons (Fsp3) is 0.125. The lowest BCUT2D eigenvalue weighted by atomic mass is 9.90. The zero-order valence-corrected chi connectivity index (χ0v) is 6.16. The van der Waals surface area contributed by atoms with E-state index >= 15 is 0 Å². The molecule has 0 saturated carbocycles.